The SMILES string of the molecule is CCNC(c1cccc(F)c1)C1CCC(F)(F)CC1. The van der Waals surface area contributed by atoms with Crippen LogP contribution >= 0.6 is 0 Å². The summed E-state index contributed by atoms with van der Waals surface area (Å²) in [6.45, 7) is 2.72. The van der Waals surface area contributed by atoms with E-state index in [1.54, 1.807) is 6.07 Å². The van der Waals surface area contributed by atoms with Crippen LogP contribution in [-0.4, -0.2) is 12.5 Å². The van der Waals surface area contributed by atoms with Gasteiger partial charge in [0.15, 0.2) is 0 Å². The Bertz CT molecular complexity index is 410. The maximum atomic E-state index is 13.3. The largest absolute Gasteiger partial charge is 0.310 e. The van der Waals surface area contributed by atoms with Crippen LogP contribution in [0.1, 0.15) is 44.2 Å². The molecule has 0 spiro atoms. The Morgan fingerprint density at radius 1 is 1.32 bits per heavy atom. The molecule has 1 fully saturated rings. The highest BCUT2D eigenvalue weighted by Gasteiger charge is 2.37. The zero-order chi connectivity index (χ0) is 13.9. The van der Waals surface area contributed by atoms with E-state index in [2.05, 4.69) is 5.32 Å². The Morgan fingerprint density at radius 2 is 2.00 bits per heavy atom. The van der Waals surface area contributed by atoms with Crippen molar-refractivity contribution in [3.63, 3.8) is 0 Å². The summed E-state index contributed by atoms with van der Waals surface area (Å²) in [6, 6.07) is 6.41. The number of hydrogen-bond acceptors (Lipinski definition) is 1. The molecule has 1 saturated carbocycles. The van der Waals surface area contributed by atoms with Gasteiger partial charge in [-0.1, -0.05) is 19.1 Å². The van der Waals surface area contributed by atoms with Gasteiger partial charge >= 0.3 is 0 Å². The summed E-state index contributed by atoms with van der Waals surface area (Å²) in [6.07, 6.45) is 0.853. The molecule has 0 bridgehead atoms. The Morgan fingerprint density at radius 3 is 2.58 bits per heavy atom. The van der Waals surface area contributed by atoms with E-state index < -0.39 is 5.92 Å². The van der Waals surface area contributed by atoms with Crippen molar-refractivity contribution in [2.24, 2.45) is 5.92 Å². The molecular formula is C15H20F3N. The van der Waals surface area contributed by atoms with Gasteiger partial charge in [0.05, 0.1) is 0 Å². The Balaban J connectivity index is 2.12. The van der Waals surface area contributed by atoms with Crippen molar-refractivity contribution >= 4 is 0 Å². The molecule has 1 aromatic rings. The fourth-order valence-corrected chi connectivity index (χ4v) is 2.87. The number of benzene rings is 1. The lowest BCUT2D eigenvalue weighted by Crippen LogP contribution is -2.34. The zero-order valence-electron chi connectivity index (χ0n) is 11.1. The van der Waals surface area contributed by atoms with Crippen LogP contribution in [0.4, 0.5) is 13.2 Å². The molecule has 4 heteroatoms. The van der Waals surface area contributed by atoms with Gasteiger partial charge in [-0.3, -0.25) is 0 Å². The van der Waals surface area contributed by atoms with E-state index in [9.17, 15) is 13.2 Å². The number of halogens is 3. The first-order chi connectivity index (χ1) is 9.02. The molecule has 1 atom stereocenters. The minimum absolute atomic E-state index is 0.0307. The van der Waals surface area contributed by atoms with Crippen LogP contribution in [0.2, 0.25) is 0 Å². The van der Waals surface area contributed by atoms with Crippen molar-refractivity contribution in [3.05, 3.63) is 35.6 Å². The Labute approximate surface area is 112 Å². The normalized spacial score (nSPS) is 21.3. The number of nitrogens with one attached hydrogen (secondary N) is 1. The summed E-state index contributed by atoms with van der Waals surface area (Å²) in [5.74, 6) is -2.64. The lowest BCUT2D eigenvalue weighted by Gasteiger charge is -2.34. The van der Waals surface area contributed by atoms with Crippen LogP contribution in [-0.2, 0) is 0 Å². The highest BCUT2D eigenvalue weighted by atomic mass is 19.3. The maximum Gasteiger partial charge on any atom is 0.248 e. The van der Waals surface area contributed by atoms with Gasteiger partial charge in [-0.25, -0.2) is 13.2 Å². The third kappa shape index (κ3) is 3.72. The summed E-state index contributed by atoms with van der Waals surface area (Å²) >= 11 is 0. The molecule has 19 heavy (non-hydrogen) atoms. The van der Waals surface area contributed by atoms with Gasteiger partial charge in [0.2, 0.25) is 5.92 Å². The average molecular weight is 271 g/mol. The molecule has 0 amide bonds. The van der Waals surface area contributed by atoms with Crippen molar-refractivity contribution in [3.8, 4) is 0 Å². The van der Waals surface area contributed by atoms with Crippen molar-refractivity contribution in [2.45, 2.75) is 44.6 Å². The van der Waals surface area contributed by atoms with Crippen LogP contribution in [0.15, 0.2) is 24.3 Å². The van der Waals surface area contributed by atoms with Crippen LogP contribution in [0.3, 0.4) is 0 Å². The van der Waals surface area contributed by atoms with E-state index in [-0.39, 0.29) is 30.6 Å². The fourth-order valence-electron chi connectivity index (χ4n) is 2.87. The number of hydrogen-bond donors (Lipinski definition) is 1. The first-order valence-corrected chi connectivity index (χ1v) is 6.88. The molecule has 1 nitrogen and oxygen atoms in total. The van der Waals surface area contributed by atoms with Crippen LogP contribution < -0.4 is 5.32 Å². The molecule has 0 saturated heterocycles. The minimum atomic E-state index is -2.52. The minimum Gasteiger partial charge on any atom is -0.310 e. The highest BCUT2D eigenvalue weighted by molar-refractivity contribution is 5.21. The summed E-state index contributed by atoms with van der Waals surface area (Å²) in [7, 11) is 0. The van der Waals surface area contributed by atoms with Gasteiger partial charge in [-0.2, -0.15) is 0 Å². The van der Waals surface area contributed by atoms with Crippen LogP contribution in [0, 0.1) is 11.7 Å². The lowest BCUT2D eigenvalue weighted by molar-refractivity contribution is -0.0497. The second kappa shape index (κ2) is 5.95. The predicted molar refractivity (Wildman–Crippen MR) is 69.7 cm³/mol. The number of alkyl halides is 2. The quantitative estimate of drug-likeness (QED) is 0.860. The molecule has 1 aliphatic rings. The van der Waals surface area contributed by atoms with Gasteiger partial charge in [0.1, 0.15) is 5.82 Å². The van der Waals surface area contributed by atoms with Gasteiger partial charge in [0, 0.05) is 18.9 Å². The second-order valence-corrected chi connectivity index (χ2v) is 5.28. The van der Waals surface area contributed by atoms with Crippen molar-refractivity contribution in [1.82, 2.24) is 5.32 Å². The summed E-state index contributed by atoms with van der Waals surface area (Å²) in [5.41, 5.74) is 0.858. The van der Waals surface area contributed by atoms with E-state index in [4.69, 9.17) is 0 Å². The van der Waals surface area contributed by atoms with Crippen LogP contribution in [0.25, 0.3) is 0 Å². The summed E-state index contributed by atoms with van der Waals surface area (Å²) < 4.78 is 39.7. The Kier molecular flexibility index (Phi) is 4.50. The Hall–Kier alpha value is -1.03. The highest BCUT2D eigenvalue weighted by Crippen LogP contribution is 2.41. The standard InChI is InChI=1S/C15H20F3N/c1-2-19-14(12-4-3-5-13(16)10-12)11-6-8-15(17,18)9-7-11/h3-5,10-11,14,19H,2,6-9H2,1H3. The molecule has 2 rings (SSSR count). The van der Waals surface area contributed by atoms with Crippen molar-refractivity contribution in [2.75, 3.05) is 6.54 Å². The molecule has 1 unspecified atom stereocenters. The topological polar surface area (TPSA) is 12.0 Å². The smallest absolute Gasteiger partial charge is 0.248 e. The van der Waals surface area contributed by atoms with E-state index in [1.807, 2.05) is 13.0 Å². The molecule has 0 aromatic heterocycles. The summed E-state index contributed by atoms with van der Waals surface area (Å²) in [4.78, 5) is 0. The molecule has 0 heterocycles. The molecule has 1 aromatic carbocycles. The third-order valence-electron chi connectivity index (χ3n) is 3.87. The summed E-state index contributed by atoms with van der Waals surface area (Å²) in [5, 5.41) is 3.31. The molecule has 0 radical (unpaired) electrons. The fraction of sp³-hybridized carbons (Fsp3) is 0.600. The van der Waals surface area contributed by atoms with Crippen LogP contribution in [0.5, 0.6) is 0 Å². The third-order valence-corrected chi connectivity index (χ3v) is 3.87. The van der Waals surface area contributed by atoms with Crippen molar-refractivity contribution in [1.29, 1.82) is 0 Å². The van der Waals surface area contributed by atoms with Gasteiger partial charge in [0.25, 0.3) is 0 Å². The van der Waals surface area contributed by atoms with E-state index in [0.717, 1.165) is 12.1 Å². The predicted octanol–water partition coefficient (Wildman–Crippen LogP) is 4.30. The second-order valence-electron chi connectivity index (χ2n) is 5.28. The molecule has 1 N–H and O–H groups in total. The zero-order valence-corrected chi connectivity index (χ0v) is 11.1. The number of rotatable bonds is 4. The first-order valence-electron chi connectivity index (χ1n) is 6.88. The molecule has 106 valence electrons. The molecule has 0 aliphatic heterocycles. The van der Waals surface area contributed by atoms with E-state index in [0.29, 0.717) is 12.8 Å². The maximum absolute atomic E-state index is 13.3. The molecular weight excluding hydrogens is 251 g/mol. The first kappa shape index (κ1) is 14.4. The molecule has 1 aliphatic carbocycles. The lowest BCUT2D eigenvalue weighted by atomic mass is 9.79. The average Bonchev–Trinajstić information content (AvgIpc) is 2.36. The van der Waals surface area contributed by atoms with Gasteiger partial charge in [-0.15, -0.1) is 0 Å². The van der Waals surface area contributed by atoms with E-state index in [1.165, 1.54) is 12.1 Å². The van der Waals surface area contributed by atoms with Gasteiger partial charge in [-0.05, 0) is 43.0 Å². The van der Waals surface area contributed by atoms with Crippen molar-refractivity contribution < 1.29 is 13.2 Å². The van der Waals surface area contributed by atoms with Gasteiger partial charge < -0.3 is 5.32 Å². The monoisotopic (exact) mass is 271 g/mol. The van der Waals surface area contributed by atoms with E-state index >= 15 is 0 Å².